The Labute approximate surface area is 70.9 Å². The molecule has 1 aliphatic rings. The summed E-state index contributed by atoms with van der Waals surface area (Å²) in [6.07, 6.45) is 10.3. The second kappa shape index (κ2) is 4.31. The summed E-state index contributed by atoms with van der Waals surface area (Å²) in [7, 11) is 0. The molecule has 0 heterocycles. The summed E-state index contributed by atoms with van der Waals surface area (Å²) in [4.78, 5) is 0. The fourth-order valence-electron chi connectivity index (χ4n) is 1.26. The van der Waals surface area contributed by atoms with Gasteiger partial charge in [-0.2, -0.15) is 0 Å². The Hall–Kier alpha value is 0.470. The number of halogens is 1. The van der Waals surface area contributed by atoms with Crippen LogP contribution in [0.2, 0.25) is 0 Å². The van der Waals surface area contributed by atoms with Crippen LogP contribution in [0, 0.1) is 5.92 Å². The van der Waals surface area contributed by atoms with Crippen LogP contribution in [0.3, 0.4) is 0 Å². The van der Waals surface area contributed by atoms with E-state index in [1.54, 1.807) is 0 Å². The molecule has 0 aliphatic heterocycles. The summed E-state index contributed by atoms with van der Waals surface area (Å²) in [6, 6.07) is 0. The Morgan fingerprint density at radius 3 is 3.00 bits per heavy atom. The summed E-state index contributed by atoms with van der Waals surface area (Å²) in [5, 5.41) is 0. The van der Waals surface area contributed by atoms with E-state index in [0.29, 0.717) is 0 Å². The van der Waals surface area contributed by atoms with Crippen molar-refractivity contribution in [3.05, 3.63) is 12.2 Å². The normalized spacial score (nSPS) is 26.6. The third kappa shape index (κ3) is 2.70. The molecule has 0 aromatic rings. The number of hydrogen-bond donors (Lipinski definition) is 0. The molecule has 1 heteroatoms. The average Bonchev–Trinajstić information content (AvgIpc) is 1.91. The van der Waals surface area contributed by atoms with Crippen molar-refractivity contribution in [2.24, 2.45) is 5.92 Å². The van der Waals surface area contributed by atoms with Gasteiger partial charge in [0, 0.05) is 4.43 Å². The third-order valence-electron chi connectivity index (χ3n) is 1.83. The molecule has 0 bridgehead atoms. The first-order chi connectivity index (χ1) is 4.43. The van der Waals surface area contributed by atoms with Crippen molar-refractivity contribution >= 4 is 22.6 Å². The molecular formula is C8H13I. The molecule has 0 fully saturated rings. The molecule has 0 aromatic heterocycles. The van der Waals surface area contributed by atoms with Crippen molar-refractivity contribution < 1.29 is 0 Å². The summed E-state index contributed by atoms with van der Waals surface area (Å²) in [6.45, 7) is 0. The highest BCUT2D eigenvalue weighted by Crippen LogP contribution is 2.20. The monoisotopic (exact) mass is 236 g/mol. The third-order valence-corrected chi connectivity index (χ3v) is 2.46. The highest BCUT2D eigenvalue weighted by molar-refractivity contribution is 14.1. The lowest BCUT2D eigenvalue weighted by Crippen LogP contribution is -2.00. The second-order valence-electron chi connectivity index (χ2n) is 2.60. The first-order valence-corrected chi connectivity index (χ1v) is 5.18. The van der Waals surface area contributed by atoms with E-state index in [4.69, 9.17) is 0 Å². The molecule has 1 atom stereocenters. The number of rotatable bonds is 2. The van der Waals surface area contributed by atoms with Crippen LogP contribution in [-0.4, -0.2) is 4.43 Å². The van der Waals surface area contributed by atoms with E-state index in [1.165, 1.54) is 30.1 Å². The Balaban J connectivity index is 2.23. The lowest BCUT2D eigenvalue weighted by Gasteiger charge is -2.13. The molecule has 0 saturated heterocycles. The van der Waals surface area contributed by atoms with Gasteiger partial charge in [-0.05, 0) is 31.6 Å². The predicted molar refractivity (Wildman–Crippen MR) is 50.0 cm³/mol. The van der Waals surface area contributed by atoms with Gasteiger partial charge in [-0.25, -0.2) is 0 Å². The smallest absolute Gasteiger partial charge is 0.0000873 e. The molecular weight excluding hydrogens is 223 g/mol. The Morgan fingerprint density at radius 2 is 2.44 bits per heavy atom. The topological polar surface area (TPSA) is 0 Å². The minimum Gasteiger partial charge on any atom is -0.0883 e. The highest BCUT2D eigenvalue weighted by atomic mass is 127. The van der Waals surface area contributed by atoms with Gasteiger partial charge < -0.3 is 0 Å². The van der Waals surface area contributed by atoms with Gasteiger partial charge in [0.2, 0.25) is 0 Å². The quantitative estimate of drug-likeness (QED) is 0.392. The zero-order valence-corrected chi connectivity index (χ0v) is 7.80. The SMILES string of the molecule is ICC[C@@H]1C=CCCC1. The van der Waals surface area contributed by atoms with Crippen LogP contribution in [-0.2, 0) is 0 Å². The lowest BCUT2D eigenvalue weighted by atomic mass is 9.94. The Kier molecular flexibility index (Phi) is 3.63. The maximum Gasteiger partial charge on any atom is 0.0000873 e. The minimum absolute atomic E-state index is 0.913. The van der Waals surface area contributed by atoms with Crippen LogP contribution in [0.15, 0.2) is 12.2 Å². The fraction of sp³-hybridized carbons (Fsp3) is 0.750. The van der Waals surface area contributed by atoms with Crippen molar-refractivity contribution in [1.29, 1.82) is 0 Å². The van der Waals surface area contributed by atoms with Crippen LogP contribution in [0.25, 0.3) is 0 Å². The van der Waals surface area contributed by atoms with Gasteiger partial charge in [-0.1, -0.05) is 34.7 Å². The largest absolute Gasteiger partial charge is 0.0883 e. The van der Waals surface area contributed by atoms with Gasteiger partial charge in [0.1, 0.15) is 0 Å². The van der Waals surface area contributed by atoms with Crippen LogP contribution >= 0.6 is 22.6 Å². The molecule has 0 N–H and O–H groups in total. The van der Waals surface area contributed by atoms with Crippen LogP contribution in [0.1, 0.15) is 25.7 Å². The Morgan fingerprint density at radius 1 is 1.56 bits per heavy atom. The summed E-state index contributed by atoms with van der Waals surface area (Å²) in [5.41, 5.74) is 0. The fourth-order valence-corrected chi connectivity index (χ4v) is 2.06. The molecule has 0 unspecified atom stereocenters. The van der Waals surface area contributed by atoms with E-state index in [0.717, 1.165) is 5.92 Å². The maximum atomic E-state index is 2.46. The minimum atomic E-state index is 0.913. The molecule has 1 aliphatic carbocycles. The summed E-state index contributed by atoms with van der Waals surface area (Å²) >= 11 is 2.46. The van der Waals surface area contributed by atoms with Crippen molar-refractivity contribution in [2.45, 2.75) is 25.7 Å². The molecule has 52 valence electrons. The van der Waals surface area contributed by atoms with E-state index < -0.39 is 0 Å². The van der Waals surface area contributed by atoms with E-state index in [-0.39, 0.29) is 0 Å². The molecule has 0 amide bonds. The van der Waals surface area contributed by atoms with E-state index in [2.05, 4.69) is 34.7 Å². The van der Waals surface area contributed by atoms with Crippen LogP contribution < -0.4 is 0 Å². The summed E-state index contributed by atoms with van der Waals surface area (Å²) in [5.74, 6) is 0.913. The standard InChI is InChI=1S/C8H13I/c9-7-6-8-4-2-1-3-5-8/h2,4,8H,1,3,5-7H2/t8-/m1/s1. The van der Waals surface area contributed by atoms with Crippen molar-refractivity contribution in [3.63, 3.8) is 0 Å². The zero-order chi connectivity index (χ0) is 6.53. The van der Waals surface area contributed by atoms with Gasteiger partial charge in [0.25, 0.3) is 0 Å². The number of hydrogen-bond acceptors (Lipinski definition) is 0. The average molecular weight is 236 g/mol. The van der Waals surface area contributed by atoms with Gasteiger partial charge in [-0.15, -0.1) is 0 Å². The first-order valence-electron chi connectivity index (χ1n) is 3.66. The molecule has 0 saturated carbocycles. The van der Waals surface area contributed by atoms with E-state index in [1.807, 2.05) is 0 Å². The zero-order valence-electron chi connectivity index (χ0n) is 5.65. The lowest BCUT2D eigenvalue weighted by molar-refractivity contribution is 0.533. The second-order valence-corrected chi connectivity index (χ2v) is 3.68. The molecule has 9 heavy (non-hydrogen) atoms. The van der Waals surface area contributed by atoms with Gasteiger partial charge in [0.05, 0.1) is 0 Å². The molecule has 0 nitrogen and oxygen atoms in total. The molecule has 1 rings (SSSR count). The van der Waals surface area contributed by atoms with Gasteiger partial charge >= 0.3 is 0 Å². The Bertz CT molecular complexity index is 96.7. The van der Waals surface area contributed by atoms with E-state index >= 15 is 0 Å². The number of alkyl halides is 1. The van der Waals surface area contributed by atoms with Crippen LogP contribution in [0.5, 0.6) is 0 Å². The molecule has 0 spiro atoms. The van der Waals surface area contributed by atoms with Gasteiger partial charge in [0.15, 0.2) is 0 Å². The maximum absolute atomic E-state index is 2.46. The first kappa shape index (κ1) is 7.58. The highest BCUT2D eigenvalue weighted by Gasteiger charge is 2.05. The molecule has 0 aromatic carbocycles. The summed E-state index contributed by atoms with van der Waals surface area (Å²) < 4.78 is 1.31. The van der Waals surface area contributed by atoms with Crippen molar-refractivity contribution in [1.82, 2.24) is 0 Å². The van der Waals surface area contributed by atoms with Crippen LogP contribution in [0.4, 0.5) is 0 Å². The van der Waals surface area contributed by atoms with Gasteiger partial charge in [-0.3, -0.25) is 0 Å². The number of allylic oxidation sites excluding steroid dienone is 2. The van der Waals surface area contributed by atoms with Crippen molar-refractivity contribution in [2.75, 3.05) is 4.43 Å². The molecule has 0 radical (unpaired) electrons. The van der Waals surface area contributed by atoms with Crippen molar-refractivity contribution in [3.8, 4) is 0 Å². The van der Waals surface area contributed by atoms with E-state index in [9.17, 15) is 0 Å². The predicted octanol–water partition coefficient (Wildman–Crippen LogP) is 3.17.